The molecule has 25 heavy (non-hydrogen) atoms. The van der Waals surface area contributed by atoms with E-state index in [0.717, 1.165) is 12.1 Å². The lowest BCUT2D eigenvalue weighted by molar-refractivity contribution is -0.137. The first-order valence-corrected chi connectivity index (χ1v) is 8.66. The zero-order valence-electron chi connectivity index (χ0n) is 13.5. The summed E-state index contributed by atoms with van der Waals surface area (Å²) in [6.07, 6.45) is -4.42. The van der Waals surface area contributed by atoms with Crippen molar-refractivity contribution in [3.8, 4) is 0 Å². The Morgan fingerprint density at radius 3 is 2.40 bits per heavy atom. The minimum Gasteiger partial charge on any atom is -0.310 e. The van der Waals surface area contributed by atoms with Gasteiger partial charge in [-0.2, -0.15) is 13.2 Å². The van der Waals surface area contributed by atoms with Gasteiger partial charge in [-0.05, 0) is 31.5 Å². The summed E-state index contributed by atoms with van der Waals surface area (Å²) >= 11 is 1.21. The molecule has 5 nitrogen and oxygen atoms in total. The number of rotatable bonds is 2. The minimum absolute atomic E-state index is 0.0897. The van der Waals surface area contributed by atoms with Crippen LogP contribution in [0, 0.1) is 0 Å². The molecule has 0 bridgehead atoms. The number of benzene rings is 1. The Kier molecular flexibility index (Phi) is 4.44. The van der Waals surface area contributed by atoms with Crippen LogP contribution in [-0.2, 0) is 11.0 Å². The highest BCUT2D eigenvalue weighted by atomic mass is 32.2. The van der Waals surface area contributed by atoms with Crippen molar-refractivity contribution in [3.05, 3.63) is 51.3 Å². The minimum atomic E-state index is -4.42. The van der Waals surface area contributed by atoms with Crippen LogP contribution in [0.2, 0.25) is 0 Å². The van der Waals surface area contributed by atoms with Gasteiger partial charge >= 0.3 is 6.18 Å². The lowest BCUT2D eigenvalue weighted by Gasteiger charge is -2.16. The second-order valence-corrected chi connectivity index (χ2v) is 7.12. The first-order valence-electron chi connectivity index (χ1n) is 7.61. The van der Waals surface area contributed by atoms with E-state index in [-0.39, 0.29) is 23.3 Å². The second-order valence-electron chi connectivity index (χ2n) is 6.03. The summed E-state index contributed by atoms with van der Waals surface area (Å²) in [6, 6.07) is 4.60. The average Bonchev–Trinajstić information content (AvgIpc) is 2.74. The molecule has 1 aromatic carbocycles. The standard InChI is InChI=1S/C16H16F3N3O2S/c1-8(2)22-14-12(15(24)21-22)13(25-7-11(23)20-14)9-3-5-10(6-4-9)16(17,18)19/h3-6,8,13H,7H2,1-2H3,(H,20,23)(H,21,24)/t13-/m1/s1. The predicted octanol–water partition coefficient (Wildman–Crippen LogP) is 3.55. The number of H-pyrrole nitrogens is 1. The molecule has 1 aliphatic rings. The van der Waals surface area contributed by atoms with Crippen molar-refractivity contribution >= 4 is 23.5 Å². The number of carbonyl (C=O) groups excluding carboxylic acids is 1. The summed E-state index contributed by atoms with van der Waals surface area (Å²) in [4.78, 5) is 24.4. The Morgan fingerprint density at radius 1 is 1.20 bits per heavy atom. The third-order valence-electron chi connectivity index (χ3n) is 3.92. The molecule has 3 rings (SSSR count). The number of thioether (sulfide) groups is 1. The third kappa shape index (κ3) is 3.33. The lowest BCUT2D eigenvalue weighted by atomic mass is 10.0. The zero-order chi connectivity index (χ0) is 18.4. The van der Waals surface area contributed by atoms with Crippen LogP contribution in [0.4, 0.5) is 19.0 Å². The molecular formula is C16H16F3N3O2S. The maximum absolute atomic E-state index is 12.8. The summed E-state index contributed by atoms with van der Waals surface area (Å²) in [5, 5.41) is 4.88. The van der Waals surface area contributed by atoms with Crippen LogP contribution in [0.15, 0.2) is 29.1 Å². The van der Waals surface area contributed by atoms with Gasteiger partial charge in [-0.3, -0.25) is 19.4 Å². The molecule has 0 saturated heterocycles. The molecule has 1 aromatic heterocycles. The van der Waals surface area contributed by atoms with Crippen LogP contribution < -0.4 is 10.9 Å². The molecule has 2 N–H and O–H groups in total. The van der Waals surface area contributed by atoms with E-state index < -0.39 is 17.0 Å². The normalized spacial score (nSPS) is 18.0. The Morgan fingerprint density at radius 2 is 1.84 bits per heavy atom. The third-order valence-corrected chi connectivity index (χ3v) is 5.19. The average molecular weight is 371 g/mol. The maximum atomic E-state index is 12.8. The molecule has 0 saturated carbocycles. The molecule has 9 heteroatoms. The van der Waals surface area contributed by atoms with Gasteiger partial charge in [0.05, 0.1) is 22.1 Å². The van der Waals surface area contributed by atoms with Crippen LogP contribution in [-0.4, -0.2) is 21.4 Å². The second kappa shape index (κ2) is 6.29. The van der Waals surface area contributed by atoms with Crippen molar-refractivity contribution in [1.82, 2.24) is 9.78 Å². The molecular weight excluding hydrogens is 355 g/mol. The van der Waals surface area contributed by atoms with Gasteiger partial charge in [0, 0.05) is 6.04 Å². The summed E-state index contributed by atoms with van der Waals surface area (Å²) < 4.78 is 39.8. The van der Waals surface area contributed by atoms with E-state index in [0.29, 0.717) is 16.9 Å². The number of nitrogens with one attached hydrogen (secondary N) is 2. The van der Waals surface area contributed by atoms with Crippen LogP contribution in [0.1, 0.15) is 41.8 Å². The highest BCUT2D eigenvalue weighted by molar-refractivity contribution is 8.00. The Hall–Kier alpha value is -2.16. The van der Waals surface area contributed by atoms with Gasteiger partial charge in [0.1, 0.15) is 5.82 Å². The van der Waals surface area contributed by atoms with E-state index in [9.17, 15) is 22.8 Å². The number of halogens is 3. The first-order chi connectivity index (χ1) is 11.7. The summed E-state index contributed by atoms with van der Waals surface area (Å²) in [7, 11) is 0. The number of hydrogen-bond donors (Lipinski definition) is 2. The Balaban J connectivity index is 2.09. The number of aromatic amines is 1. The highest BCUT2D eigenvalue weighted by Gasteiger charge is 2.33. The van der Waals surface area contributed by atoms with Gasteiger partial charge in [0.25, 0.3) is 5.56 Å². The molecule has 0 unspecified atom stereocenters. The monoisotopic (exact) mass is 371 g/mol. The summed E-state index contributed by atoms with van der Waals surface area (Å²) in [6.45, 7) is 3.71. The number of hydrogen-bond acceptors (Lipinski definition) is 3. The molecule has 0 aliphatic carbocycles. The van der Waals surface area contributed by atoms with Crippen molar-refractivity contribution in [3.63, 3.8) is 0 Å². The fraction of sp³-hybridized carbons (Fsp3) is 0.375. The van der Waals surface area contributed by atoms with E-state index in [4.69, 9.17) is 0 Å². The topological polar surface area (TPSA) is 66.9 Å². The highest BCUT2D eigenvalue weighted by Crippen LogP contribution is 2.41. The summed E-state index contributed by atoms with van der Waals surface area (Å²) in [5.41, 5.74) is -0.215. The van der Waals surface area contributed by atoms with Gasteiger partial charge in [-0.1, -0.05) is 12.1 Å². The van der Waals surface area contributed by atoms with Gasteiger partial charge in [0.2, 0.25) is 5.91 Å². The van der Waals surface area contributed by atoms with Crippen molar-refractivity contribution in [2.24, 2.45) is 0 Å². The Bertz CT molecular complexity index is 853. The quantitative estimate of drug-likeness (QED) is 0.848. The molecule has 2 aromatic rings. The van der Waals surface area contributed by atoms with E-state index in [1.165, 1.54) is 23.9 Å². The number of anilines is 1. The van der Waals surface area contributed by atoms with Crippen molar-refractivity contribution in [2.75, 3.05) is 11.1 Å². The molecule has 0 spiro atoms. The number of aromatic nitrogens is 2. The molecule has 0 radical (unpaired) electrons. The fourth-order valence-corrected chi connectivity index (χ4v) is 3.87. The molecule has 1 amide bonds. The number of nitrogens with zero attached hydrogens (tertiary/aromatic N) is 1. The first kappa shape index (κ1) is 17.7. The zero-order valence-corrected chi connectivity index (χ0v) is 14.3. The van der Waals surface area contributed by atoms with Gasteiger partial charge in [0.15, 0.2) is 0 Å². The van der Waals surface area contributed by atoms with Crippen LogP contribution in [0.25, 0.3) is 0 Å². The fourth-order valence-electron chi connectivity index (χ4n) is 2.74. The van der Waals surface area contributed by atoms with Gasteiger partial charge < -0.3 is 5.32 Å². The van der Waals surface area contributed by atoms with E-state index >= 15 is 0 Å². The predicted molar refractivity (Wildman–Crippen MR) is 89.8 cm³/mol. The SMILES string of the molecule is CC(C)n1[nH]c(=O)c2c1NC(=O)CS[C@@H]2c1ccc(C(F)(F)F)cc1. The largest absolute Gasteiger partial charge is 0.416 e. The molecule has 2 heterocycles. The molecule has 1 aliphatic heterocycles. The molecule has 0 fully saturated rings. The lowest BCUT2D eigenvalue weighted by Crippen LogP contribution is -2.17. The van der Waals surface area contributed by atoms with E-state index in [1.807, 2.05) is 13.8 Å². The van der Waals surface area contributed by atoms with Crippen LogP contribution >= 0.6 is 11.8 Å². The van der Waals surface area contributed by atoms with Gasteiger partial charge in [-0.15, -0.1) is 11.8 Å². The van der Waals surface area contributed by atoms with Crippen molar-refractivity contribution in [1.29, 1.82) is 0 Å². The van der Waals surface area contributed by atoms with E-state index in [2.05, 4.69) is 10.4 Å². The maximum Gasteiger partial charge on any atom is 0.416 e. The Labute approximate surface area is 145 Å². The van der Waals surface area contributed by atoms with E-state index in [1.54, 1.807) is 4.68 Å². The van der Waals surface area contributed by atoms with Crippen LogP contribution in [0.5, 0.6) is 0 Å². The smallest absolute Gasteiger partial charge is 0.310 e. The number of alkyl halides is 3. The summed E-state index contributed by atoms with van der Waals surface area (Å²) in [5.74, 6) is 0.228. The van der Waals surface area contributed by atoms with Crippen molar-refractivity contribution in [2.45, 2.75) is 31.3 Å². The van der Waals surface area contributed by atoms with Crippen molar-refractivity contribution < 1.29 is 18.0 Å². The number of amides is 1. The van der Waals surface area contributed by atoms with Crippen LogP contribution in [0.3, 0.4) is 0 Å². The molecule has 1 atom stereocenters. The number of fused-ring (bicyclic) bond motifs is 1. The molecule has 134 valence electrons. The van der Waals surface area contributed by atoms with Gasteiger partial charge in [-0.25, -0.2) is 0 Å². The number of carbonyl (C=O) groups is 1.